The van der Waals surface area contributed by atoms with Crippen LogP contribution >= 0.6 is 0 Å². The van der Waals surface area contributed by atoms with Crippen molar-refractivity contribution in [1.29, 1.82) is 0 Å². The molecule has 0 aliphatic heterocycles. The van der Waals surface area contributed by atoms with Crippen molar-refractivity contribution in [1.82, 2.24) is 5.32 Å². The van der Waals surface area contributed by atoms with Crippen LogP contribution in [0.5, 0.6) is 0 Å². The third kappa shape index (κ3) is 4.26. The summed E-state index contributed by atoms with van der Waals surface area (Å²) in [7, 11) is -3.80. The number of amides is 1. The number of hydrogen-bond donors (Lipinski definition) is 1. The molecule has 6 nitrogen and oxygen atoms in total. The van der Waals surface area contributed by atoms with E-state index in [1.54, 1.807) is 37.3 Å². The van der Waals surface area contributed by atoms with E-state index in [-0.39, 0.29) is 29.5 Å². The van der Waals surface area contributed by atoms with Crippen molar-refractivity contribution in [2.75, 3.05) is 10.8 Å². The van der Waals surface area contributed by atoms with E-state index in [4.69, 9.17) is 4.42 Å². The van der Waals surface area contributed by atoms with Gasteiger partial charge in [-0.25, -0.2) is 8.42 Å². The summed E-state index contributed by atoms with van der Waals surface area (Å²) in [6, 6.07) is 16.8. The molecule has 28 heavy (non-hydrogen) atoms. The van der Waals surface area contributed by atoms with Crippen LogP contribution in [0.25, 0.3) is 0 Å². The molecule has 0 bridgehead atoms. The van der Waals surface area contributed by atoms with E-state index in [1.165, 1.54) is 22.7 Å². The first-order valence-electron chi connectivity index (χ1n) is 8.92. The fourth-order valence-corrected chi connectivity index (χ4v) is 4.39. The van der Waals surface area contributed by atoms with E-state index in [1.807, 2.05) is 25.1 Å². The van der Waals surface area contributed by atoms with Crippen LogP contribution in [0.15, 0.2) is 76.2 Å². The Hall–Kier alpha value is -3.06. The highest BCUT2D eigenvalue weighted by molar-refractivity contribution is 7.92. The molecular weight excluding hydrogens is 376 g/mol. The minimum absolute atomic E-state index is 0.0708. The second-order valence-electron chi connectivity index (χ2n) is 6.30. The lowest BCUT2D eigenvalue weighted by Gasteiger charge is -2.23. The van der Waals surface area contributed by atoms with Crippen LogP contribution in [0, 0.1) is 6.92 Å². The highest BCUT2D eigenvalue weighted by Crippen LogP contribution is 2.24. The number of nitrogens with zero attached hydrogens (tertiary/aromatic N) is 1. The fraction of sp³-hybridized carbons (Fsp3) is 0.190. The Morgan fingerprint density at radius 1 is 1.07 bits per heavy atom. The number of nitrogens with one attached hydrogen (secondary N) is 1. The molecule has 3 rings (SSSR count). The Bertz CT molecular complexity index is 1060. The Labute approximate surface area is 164 Å². The first-order valence-corrected chi connectivity index (χ1v) is 10.4. The molecule has 1 amide bonds. The molecule has 0 unspecified atom stereocenters. The minimum atomic E-state index is -3.80. The van der Waals surface area contributed by atoms with Crippen molar-refractivity contribution < 1.29 is 17.6 Å². The van der Waals surface area contributed by atoms with Crippen molar-refractivity contribution >= 4 is 21.6 Å². The molecule has 3 aromatic rings. The van der Waals surface area contributed by atoms with Crippen LogP contribution in [0.1, 0.15) is 28.6 Å². The summed E-state index contributed by atoms with van der Waals surface area (Å²) < 4.78 is 32.9. The van der Waals surface area contributed by atoms with E-state index in [2.05, 4.69) is 5.32 Å². The van der Waals surface area contributed by atoms with Crippen molar-refractivity contribution in [3.63, 3.8) is 0 Å². The summed E-state index contributed by atoms with van der Waals surface area (Å²) in [4.78, 5) is 12.5. The van der Waals surface area contributed by atoms with Crippen LogP contribution in [0.2, 0.25) is 0 Å². The van der Waals surface area contributed by atoms with Gasteiger partial charge in [-0.15, -0.1) is 0 Å². The number of sulfonamides is 1. The van der Waals surface area contributed by atoms with E-state index < -0.39 is 10.0 Å². The van der Waals surface area contributed by atoms with Crippen LogP contribution in [0.4, 0.5) is 5.69 Å². The molecular formula is C21H22N2O4S. The van der Waals surface area contributed by atoms with E-state index in [9.17, 15) is 13.2 Å². The second-order valence-corrected chi connectivity index (χ2v) is 8.16. The number of anilines is 1. The number of benzene rings is 2. The topological polar surface area (TPSA) is 79.6 Å². The monoisotopic (exact) mass is 398 g/mol. The fourth-order valence-electron chi connectivity index (χ4n) is 2.88. The van der Waals surface area contributed by atoms with Crippen LogP contribution in [-0.2, 0) is 16.6 Å². The maximum Gasteiger partial charge on any atom is 0.264 e. The number of carbonyl (C=O) groups is 1. The predicted molar refractivity (Wildman–Crippen MR) is 108 cm³/mol. The lowest BCUT2D eigenvalue weighted by atomic mass is 10.2. The zero-order valence-electron chi connectivity index (χ0n) is 15.8. The third-order valence-electron chi connectivity index (χ3n) is 4.26. The molecule has 0 saturated carbocycles. The molecule has 0 radical (unpaired) electrons. The lowest BCUT2D eigenvalue weighted by Crippen LogP contribution is -2.31. The van der Waals surface area contributed by atoms with Gasteiger partial charge in [0.05, 0.1) is 23.4 Å². The molecule has 0 fully saturated rings. The largest absolute Gasteiger partial charge is 0.467 e. The molecule has 0 aliphatic rings. The first kappa shape index (κ1) is 19.7. The molecule has 2 aromatic carbocycles. The first-order chi connectivity index (χ1) is 13.4. The van der Waals surface area contributed by atoms with Gasteiger partial charge < -0.3 is 9.73 Å². The number of hydrogen-bond acceptors (Lipinski definition) is 4. The van der Waals surface area contributed by atoms with Gasteiger partial charge in [-0.05, 0) is 61.9 Å². The van der Waals surface area contributed by atoms with E-state index >= 15 is 0 Å². The molecule has 0 spiro atoms. The Morgan fingerprint density at radius 3 is 2.54 bits per heavy atom. The van der Waals surface area contributed by atoms with Gasteiger partial charge in [0, 0.05) is 12.1 Å². The second kappa shape index (κ2) is 8.31. The van der Waals surface area contributed by atoms with E-state index in [0.717, 1.165) is 5.56 Å². The molecule has 1 heterocycles. The van der Waals surface area contributed by atoms with Crippen molar-refractivity contribution in [3.05, 3.63) is 83.8 Å². The summed E-state index contributed by atoms with van der Waals surface area (Å²) in [5.74, 6) is 0.251. The average Bonchev–Trinajstić information content (AvgIpc) is 3.20. The van der Waals surface area contributed by atoms with Gasteiger partial charge in [0.1, 0.15) is 5.76 Å². The van der Waals surface area contributed by atoms with Gasteiger partial charge in [0.25, 0.3) is 15.9 Å². The van der Waals surface area contributed by atoms with Gasteiger partial charge in [-0.1, -0.05) is 18.2 Å². The van der Waals surface area contributed by atoms with Gasteiger partial charge in [0.2, 0.25) is 0 Å². The quantitative estimate of drug-likeness (QED) is 0.658. The highest BCUT2D eigenvalue weighted by Gasteiger charge is 2.24. The Balaban J connectivity index is 1.85. The number of furan rings is 1. The highest BCUT2D eigenvalue weighted by atomic mass is 32.2. The van der Waals surface area contributed by atoms with E-state index in [0.29, 0.717) is 11.4 Å². The number of aryl methyl sites for hydroxylation is 1. The third-order valence-corrected chi connectivity index (χ3v) is 6.16. The summed E-state index contributed by atoms with van der Waals surface area (Å²) >= 11 is 0. The van der Waals surface area contributed by atoms with Crippen molar-refractivity contribution in [2.45, 2.75) is 25.3 Å². The summed E-state index contributed by atoms with van der Waals surface area (Å²) in [5.41, 5.74) is 1.83. The molecule has 1 N–H and O–H groups in total. The van der Waals surface area contributed by atoms with Crippen molar-refractivity contribution in [2.24, 2.45) is 0 Å². The summed E-state index contributed by atoms with van der Waals surface area (Å²) in [6.07, 6.45) is 1.53. The maximum absolute atomic E-state index is 13.2. The Morgan fingerprint density at radius 2 is 1.86 bits per heavy atom. The molecule has 7 heteroatoms. The smallest absolute Gasteiger partial charge is 0.264 e. The zero-order valence-corrected chi connectivity index (χ0v) is 16.6. The molecule has 1 aromatic heterocycles. The lowest BCUT2D eigenvalue weighted by molar-refractivity contribution is 0.0948. The van der Waals surface area contributed by atoms with Gasteiger partial charge in [-0.2, -0.15) is 0 Å². The van der Waals surface area contributed by atoms with Gasteiger partial charge in [0.15, 0.2) is 0 Å². The standard InChI is InChI=1S/C21H22N2O4S/c1-3-23(18-9-4-7-16(2)13-18)28(25,26)20-11-5-8-17(14-20)21(24)22-15-19-10-6-12-27-19/h4-14H,3,15H2,1-2H3,(H,22,24). The maximum atomic E-state index is 13.2. The molecule has 0 aliphatic carbocycles. The molecule has 146 valence electrons. The normalized spacial score (nSPS) is 11.2. The number of rotatable bonds is 7. The van der Waals surface area contributed by atoms with Crippen molar-refractivity contribution in [3.8, 4) is 0 Å². The van der Waals surface area contributed by atoms with Crippen LogP contribution in [-0.4, -0.2) is 20.9 Å². The zero-order chi connectivity index (χ0) is 20.1. The SMILES string of the molecule is CCN(c1cccc(C)c1)S(=O)(=O)c1cccc(C(=O)NCc2ccco2)c1. The van der Waals surface area contributed by atoms with Crippen LogP contribution in [0.3, 0.4) is 0 Å². The van der Waals surface area contributed by atoms with Gasteiger partial charge >= 0.3 is 0 Å². The summed E-state index contributed by atoms with van der Waals surface area (Å²) in [5, 5.41) is 2.72. The molecule has 0 atom stereocenters. The number of carbonyl (C=O) groups excluding carboxylic acids is 1. The molecule has 0 saturated heterocycles. The van der Waals surface area contributed by atoms with Crippen LogP contribution < -0.4 is 9.62 Å². The Kier molecular flexibility index (Phi) is 5.84. The average molecular weight is 398 g/mol. The minimum Gasteiger partial charge on any atom is -0.467 e. The predicted octanol–water partition coefficient (Wildman–Crippen LogP) is 3.73. The summed E-state index contributed by atoms with van der Waals surface area (Å²) in [6.45, 7) is 4.20. The van der Waals surface area contributed by atoms with Gasteiger partial charge in [-0.3, -0.25) is 9.10 Å².